The summed E-state index contributed by atoms with van der Waals surface area (Å²) < 4.78 is 0.142. The molecule has 0 unspecified atom stereocenters. The highest BCUT2D eigenvalue weighted by molar-refractivity contribution is 7.83. The van der Waals surface area contributed by atoms with Gasteiger partial charge in [0.1, 0.15) is 0 Å². The third-order valence-electron chi connectivity index (χ3n) is 5.73. The molecule has 0 amide bonds. The number of hydrogen-bond donors (Lipinski definition) is 1. The summed E-state index contributed by atoms with van der Waals surface area (Å²) in [4.78, 5) is 0. The largest absolute Gasteiger partial charge is 0.172 e. The van der Waals surface area contributed by atoms with Crippen LogP contribution in [0.1, 0.15) is 40.0 Å². The molecule has 2 aromatic carbocycles. The van der Waals surface area contributed by atoms with Gasteiger partial charge < -0.3 is 0 Å². The molecule has 0 nitrogen and oxygen atoms in total. The van der Waals surface area contributed by atoms with E-state index in [1.54, 1.807) is 0 Å². The second-order valence-corrected chi connectivity index (χ2v) is 11.2. The van der Waals surface area contributed by atoms with Gasteiger partial charge in [-0.05, 0) is 55.3 Å². The molecule has 2 aromatic rings. The van der Waals surface area contributed by atoms with Crippen LogP contribution in [0.3, 0.4) is 0 Å². The van der Waals surface area contributed by atoms with Crippen molar-refractivity contribution in [3.8, 4) is 0 Å². The van der Waals surface area contributed by atoms with Crippen LogP contribution in [0, 0.1) is 17.8 Å². The van der Waals surface area contributed by atoms with Crippen molar-refractivity contribution < 1.29 is 0 Å². The van der Waals surface area contributed by atoms with Gasteiger partial charge in [-0.2, -0.15) is 12.6 Å². The maximum Gasteiger partial charge on any atom is 0.0208 e. The Labute approximate surface area is 160 Å². The Balaban J connectivity index is 1.96. The average Bonchev–Trinajstić information content (AvgIpc) is 2.61. The first-order valence-electron chi connectivity index (χ1n) is 9.59. The summed E-state index contributed by atoms with van der Waals surface area (Å²) in [5.41, 5.74) is 0. The van der Waals surface area contributed by atoms with E-state index in [9.17, 15) is 0 Å². The van der Waals surface area contributed by atoms with Gasteiger partial charge in [0.15, 0.2) is 0 Å². The number of thiol groups is 1. The third-order valence-corrected chi connectivity index (χ3v) is 9.38. The number of benzene rings is 2. The Kier molecular flexibility index (Phi) is 6.29. The van der Waals surface area contributed by atoms with Gasteiger partial charge in [0.2, 0.25) is 0 Å². The minimum absolute atomic E-state index is 0.142. The van der Waals surface area contributed by atoms with Gasteiger partial charge in [0, 0.05) is 4.75 Å². The minimum Gasteiger partial charge on any atom is -0.172 e. The summed E-state index contributed by atoms with van der Waals surface area (Å²) >= 11 is 5.40. The van der Waals surface area contributed by atoms with E-state index in [4.69, 9.17) is 12.6 Å². The van der Waals surface area contributed by atoms with Crippen molar-refractivity contribution in [1.82, 2.24) is 0 Å². The van der Waals surface area contributed by atoms with Gasteiger partial charge in [-0.15, -0.1) is 0 Å². The van der Waals surface area contributed by atoms with Gasteiger partial charge in [-0.25, -0.2) is 0 Å². The normalized spacial score (nSPS) is 27.0. The summed E-state index contributed by atoms with van der Waals surface area (Å²) in [6.07, 6.45) is 5.12. The Morgan fingerprint density at radius 1 is 0.960 bits per heavy atom. The Hall–Kier alpha value is -0.780. The molecule has 3 rings (SSSR count). The lowest BCUT2D eigenvalue weighted by Gasteiger charge is -2.47. The smallest absolute Gasteiger partial charge is 0.0208 e. The minimum atomic E-state index is -0.369. The molecule has 0 aromatic heterocycles. The molecule has 3 atom stereocenters. The maximum atomic E-state index is 5.40. The fraction of sp³-hybridized carbons (Fsp3) is 0.478. The highest BCUT2D eigenvalue weighted by atomic mass is 32.1. The van der Waals surface area contributed by atoms with Crippen molar-refractivity contribution in [3.05, 3.63) is 60.7 Å². The molecule has 0 radical (unpaired) electrons. The Morgan fingerprint density at radius 3 is 1.96 bits per heavy atom. The summed E-state index contributed by atoms with van der Waals surface area (Å²) in [5, 5.41) is 2.97. The molecule has 1 saturated carbocycles. The van der Waals surface area contributed by atoms with Crippen LogP contribution in [0.4, 0.5) is 0 Å². The van der Waals surface area contributed by atoms with Crippen LogP contribution < -0.4 is 10.6 Å². The highest BCUT2D eigenvalue weighted by Gasteiger charge is 2.43. The Morgan fingerprint density at radius 2 is 1.48 bits per heavy atom. The van der Waals surface area contributed by atoms with Crippen LogP contribution in [0.5, 0.6) is 0 Å². The van der Waals surface area contributed by atoms with Crippen molar-refractivity contribution in [2.45, 2.75) is 44.8 Å². The van der Waals surface area contributed by atoms with Crippen LogP contribution in [0.2, 0.25) is 0 Å². The zero-order valence-electron chi connectivity index (χ0n) is 15.7. The van der Waals surface area contributed by atoms with Crippen molar-refractivity contribution in [2.75, 3.05) is 6.16 Å². The Bertz CT molecular complexity index is 615. The topological polar surface area (TPSA) is 0 Å². The van der Waals surface area contributed by atoms with Gasteiger partial charge >= 0.3 is 0 Å². The molecule has 0 spiro atoms. The predicted octanol–water partition coefficient (Wildman–Crippen LogP) is 5.88. The van der Waals surface area contributed by atoms with Crippen LogP contribution in [0.15, 0.2) is 60.7 Å². The lowest BCUT2D eigenvalue weighted by atomic mass is 9.70. The summed E-state index contributed by atoms with van der Waals surface area (Å²) in [5.74, 6) is 2.20. The van der Waals surface area contributed by atoms with Crippen molar-refractivity contribution in [3.63, 3.8) is 0 Å². The van der Waals surface area contributed by atoms with Crippen LogP contribution in [0.25, 0.3) is 0 Å². The molecule has 0 bridgehead atoms. The van der Waals surface area contributed by atoms with E-state index in [0.29, 0.717) is 11.8 Å². The molecule has 1 aliphatic carbocycles. The first-order chi connectivity index (χ1) is 12.0. The van der Waals surface area contributed by atoms with Crippen LogP contribution in [-0.2, 0) is 0 Å². The van der Waals surface area contributed by atoms with Gasteiger partial charge in [0.05, 0.1) is 0 Å². The lowest BCUT2D eigenvalue weighted by molar-refractivity contribution is 0.189. The van der Waals surface area contributed by atoms with E-state index >= 15 is 0 Å². The summed E-state index contributed by atoms with van der Waals surface area (Å²) in [6, 6.07) is 22.2. The molecular formula is C23H31PS. The molecule has 0 heterocycles. The summed E-state index contributed by atoms with van der Waals surface area (Å²) in [7, 11) is -0.369. The van der Waals surface area contributed by atoms with Crippen molar-refractivity contribution in [2.24, 2.45) is 17.8 Å². The van der Waals surface area contributed by atoms with E-state index in [2.05, 4.69) is 81.4 Å². The zero-order valence-corrected chi connectivity index (χ0v) is 17.5. The quantitative estimate of drug-likeness (QED) is 0.493. The average molecular weight is 371 g/mol. The van der Waals surface area contributed by atoms with Crippen molar-refractivity contribution >= 4 is 31.2 Å². The molecule has 2 heteroatoms. The number of rotatable bonds is 5. The number of hydrogen-bond acceptors (Lipinski definition) is 1. The lowest BCUT2D eigenvalue weighted by Crippen LogP contribution is -2.44. The zero-order chi connectivity index (χ0) is 17.9. The molecule has 1 aliphatic rings. The summed E-state index contributed by atoms with van der Waals surface area (Å²) in [6.45, 7) is 7.19. The molecule has 134 valence electrons. The highest BCUT2D eigenvalue weighted by Crippen LogP contribution is 2.51. The second-order valence-electron chi connectivity index (χ2n) is 8.10. The first kappa shape index (κ1) is 19.0. The van der Waals surface area contributed by atoms with Gasteiger partial charge in [0.25, 0.3) is 0 Å². The van der Waals surface area contributed by atoms with Gasteiger partial charge in [-0.1, -0.05) is 87.9 Å². The standard InChI is InChI=1S/C23H31PS/c1-18(2)22-15-14-19(3)16-23(22,25)17-24(20-10-6-4-7-11-20)21-12-8-5-9-13-21/h4-13,18-19,22,25H,14-17H2,1-3H3/t19-,22+,23+/m1/s1. The predicted molar refractivity (Wildman–Crippen MR) is 117 cm³/mol. The van der Waals surface area contributed by atoms with Crippen LogP contribution >= 0.6 is 20.6 Å². The van der Waals surface area contributed by atoms with E-state index in [0.717, 1.165) is 5.92 Å². The molecule has 1 fully saturated rings. The van der Waals surface area contributed by atoms with Crippen molar-refractivity contribution in [1.29, 1.82) is 0 Å². The van der Waals surface area contributed by atoms with E-state index < -0.39 is 0 Å². The fourth-order valence-electron chi connectivity index (χ4n) is 4.55. The second kappa shape index (κ2) is 8.28. The third kappa shape index (κ3) is 4.50. The monoisotopic (exact) mass is 370 g/mol. The van der Waals surface area contributed by atoms with Crippen LogP contribution in [-0.4, -0.2) is 10.9 Å². The molecule has 0 N–H and O–H groups in total. The SMILES string of the molecule is CC(C)[C@@H]1CC[C@@H](C)C[C@]1(S)CP(c1ccccc1)c1ccccc1. The van der Waals surface area contributed by atoms with E-state index in [1.165, 1.54) is 36.0 Å². The van der Waals surface area contributed by atoms with E-state index in [1.807, 2.05) is 0 Å². The first-order valence-corrected chi connectivity index (χ1v) is 11.6. The molecule has 0 saturated heterocycles. The van der Waals surface area contributed by atoms with Gasteiger partial charge in [-0.3, -0.25) is 0 Å². The molecule has 0 aliphatic heterocycles. The fourth-order valence-corrected chi connectivity index (χ4v) is 8.35. The van der Waals surface area contributed by atoms with E-state index in [-0.39, 0.29) is 12.7 Å². The maximum absolute atomic E-state index is 5.40. The molecular weight excluding hydrogens is 339 g/mol. The molecule has 25 heavy (non-hydrogen) atoms.